The molecule has 0 saturated carbocycles. The molecule has 0 spiro atoms. The first-order chi connectivity index (χ1) is 15.2. The Labute approximate surface area is 191 Å². The minimum Gasteiger partial charge on any atom is -0.347 e. The maximum Gasteiger partial charge on any atom is 0.251 e. The highest BCUT2D eigenvalue weighted by Gasteiger charge is 2.42. The van der Waals surface area contributed by atoms with Crippen molar-refractivity contribution >= 4 is 25.8 Å². The van der Waals surface area contributed by atoms with E-state index >= 15 is 0 Å². The van der Waals surface area contributed by atoms with Crippen molar-refractivity contribution in [3.63, 3.8) is 0 Å². The van der Waals surface area contributed by atoms with E-state index in [1.54, 1.807) is 0 Å². The number of nitrogens with zero attached hydrogens (tertiary/aromatic N) is 2. The van der Waals surface area contributed by atoms with Crippen molar-refractivity contribution in [2.45, 2.75) is 56.0 Å². The largest absolute Gasteiger partial charge is 0.347 e. The molecule has 3 fully saturated rings. The van der Waals surface area contributed by atoms with Gasteiger partial charge in [0.05, 0.1) is 22.4 Å². The molecule has 1 aromatic rings. The first kappa shape index (κ1) is 23.7. The number of carbonyl (C=O) groups excluding carboxylic acids is 1. The Morgan fingerprint density at radius 2 is 1.59 bits per heavy atom. The lowest BCUT2D eigenvalue weighted by Gasteiger charge is -2.35. The van der Waals surface area contributed by atoms with Gasteiger partial charge in [-0.25, -0.2) is 16.8 Å². The van der Waals surface area contributed by atoms with E-state index in [0.29, 0.717) is 24.6 Å². The van der Waals surface area contributed by atoms with Gasteiger partial charge in [-0.3, -0.25) is 9.69 Å². The van der Waals surface area contributed by atoms with Crippen molar-refractivity contribution in [1.82, 2.24) is 14.5 Å². The second kappa shape index (κ2) is 9.40. The van der Waals surface area contributed by atoms with Crippen LogP contribution in [0.5, 0.6) is 0 Å². The smallest absolute Gasteiger partial charge is 0.251 e. The first-order valence-corrected chi connectivity index (χ1v) is 14.8. The number of sulfonamides is 1. The number of piperidine rings is 2. The predicted octanol–water partition coefficient (Wildman–Crippen LogP) is 1.49. The lowest BCUT2D eigenvalue weighted by molar-refractivity contribution is 0.0900. The minimum absolute atomic E-state index is 0.0558. The standard InChI is InChI=1S/C22H33N3O5S2/c1-17-9-13-25(14-10-17)32(29,30)19-7-5-18(6-8-19)22(26)23-20-15-31(27,28)16-21(20)24-11-3-2-4-12-24/h5-8,17,20-21H,2-4,9-16H2,1H3,(H,23,26). The first-order valence-electron chi connectivity index (χ1n) is 11.5. The van der Waals surface area contributed by atoms with Crippen LogP contribution < -0.4 is 5.32 Å². The third-order valence-corrected chi connectivity index (χ3v) is 10.6. The molecule has 8 nitrogen and oxygen atoms in total. The average Bonchev–Trinajstić information content (AvgIpc) is 3.08. The Morgan fingerprint density at radius 3 is 2.22 bits per heavy atom. The molecule has 2 unspecified atom stereocenters. The highest BCUT2D eigenvalue weighted by atomic mass is 32.2. The molecule has 1 N–H and O–H groups in total. The van der Waals surface area contributed by atoms with Gasteiger partial charge in [0.25, 0.3) is 5.91 Å². The molecule has 0 bridgehead atoms. The molecule has 3 aliphatic rings. The van der Waals surface area contributed by atoms with Gasteiger partial charge in [0, 0.05) is 24.7 Å². The fraction of sp³-hybridized carbons (Fsp3) is 0.682. The average molecular weight is 484 g/mol. The molecule has 0 radical (unpaired) electrons. The summed E-state index contributed by atoms with van der Waals surface area (Å²) in [5.41, 5.74) is 0.331. The van der Waals surface area contributed by atoms with Gasteiger partial charge in [0.15, 0.2) is 9.84 Å². The summed E-state index contributed by atoms with van der Waals surface area (Å²) in [5, 5.41) is 2.90. The Bertz CT molecular complexity index is 1030. The Kier molecular flexibility index (Phi) is 6.95. The van der Waals surface area contributed by atoms with E-state index in [1.807, 2.05) is 0 Å². The predicted molar refractivity (Wildman–Crippen MR) is 123 cm³/mol. The number of hydrogen-bond acceptors (Lipinski definition) is 6. The molecule has 1 amide bonds. The summed E-state index contributed by atoms with van der Waals surface area (Å²) in [6.07, 6.45) is 4.94. The number of amides is 1. The van der Waals surface area contributed by atoms with Crippen LogP contribution in [0.3, 0.4) is 0 Å². The second-order valence-electron chi connectivity index (χ2n) is 9.43. The zero-order valence-corrected chi connectivity index (χ0v) is 20.2. The van der Waals surface area contributed by atoms with Crippen molar-refractivity contribution in [3.8, 4) is 0 Å². The maximum atomic E-state index is 12.9. The van der Waals surface area contributed by atoms with Gasteiger partial charge in [-0.1, -0.05) is 13.3 Å². The van der Waals surface area contributed by atoms with Crippen molar-refractivity contribution in [2.24, 2.45) is 5.92 Å². The van der Waals surface area contributed by atoms with E-state index < -0.39 is 25.9 Å². The summed E-state index contributed by atoms with van der Waals surface area (Å²) < 4.78 is 51.9. The third kappa shape index (κ3) is 5.18. The molecule has 32 heavy (non-hydrogen) atoms. The van der Waals surface area contributed by atoms with Crippen LogP contribution in [0, 0.1) is 5.92 Å². The number of rotatable bonds is 5. The second-order valence-corrected chi connectivity index (χ2v) is 13.5. The summed E-state index contributed by atoms with van der Waals surface area (Å²) in [6.45, 7) is 4.87. The lowest BCUT2D eigenvalue weighted by atomic mass is 10.0. The molecule has 178 valence electrons. The van der Waals surface area contributed by atoms with Gasteiger partial charge in [0.2, 0.25) is 10.0 Å². The zero-order chi connectivity index (χ0) is 22.9. The topological polar surface area (TPSA) is 104 Å². The van der Waals surface area contributed by atoms with Crippen LogP contribution in [0.4, 0.5) is 0 Å². The zero-order valence-electron chi connectivity index (χ0n) is 18.6. The van der Waals surface area contributed by atoms with E-state index in [1.165, 1.54) is 28.6 Å². The summed E-state index contributed by atoms with van der Waals surface area (Å²) in [5.74, 6) is 0.175. The van der Waals surface area contributed by atoms with E-state index in [9.17, 15) is 21.6 Å². The summed E-state index contributed by atoms with van der Waals surface area (Å²) in [4.78, 5) is 15.2. The highest BCUT2D eigenvalue weighted by Crippen LogP contribution is 2.25. The molecule has 3 saturated heterocycles. The lowest BCUT2D eigenvalue weighted by Crippen LogP contribution is -2.52. The van der Waals surface area contributed by atoms with Crippen LogP contribution in [0.15, 0.2) is 29.2 Å². The van der Waals surface area contributed by atoms with Gasteiger partial charge in [-0.15, -0.1) is 0 Å². The molecule has 1 aromatic carbocycles. The van der Waals surface area contributed by atoms with Crippen molar-refractivity contribution in [3.05, 3.63) is 29.8 Å². The van der Waals surface area contributed by atoms with Crippen LogP contribution in [0.25, 0.3) is 0 Å². The molecule has 4 rings (SSSR count). The molecule has 3 aliphatic heterocycles. The van der Waals surface area contributed by atoms with E-state index in [0.717, 1.165) is 45.2 Å². The SMILES string of the molecule is CC1CCN(S(=O)(=O)c2ccc(C(=O)NC3CS(=O)(=O)CC3N3CCCCC3)cc2)CC1. The number of carbonyl (C=O) groups is 1. The maximum absolute atomic E-state index is 12.9. The molecule has 0 aromatic heterocycles. The molecular weight excluding hydrogens is 450 g/mol. The Hall–Kier alpha value is -1.49. The quantitative estimate of drug-likeness (QED) is 0.681. The Balaban J connectivity index is 1.44. The van der Waals surface area contributed by atoms with Gasteiger partial charge in [0.1, 0.15) is 0 Å². The number of sulfone groups is 1. The number of hydrogen-bond donors (Lipinski definition) is 1. The molecule has 2 atom stereocenters. The monoisotopic (exact) mass is 483 g/mol. The number of benzene rings is 1. The van der Waals surface area contributed by atoms with Crippen LogP contribution in [0.1, 0.15) is 49.4 Å². The van der Waals surface area contributed by atoms with E-state index in [4.69, 9.17) is 0 Å². The van der Waals surface area contributed by atoms with Crippen molar-refractivity contribution < 1.29 is 21.6 Å². The normalized spacial score (nSPS) is 27.9. The molecule has 3 heterocycles. The van der Waals surface area contributed by atoms with E-state index in [-0.39, 0.29) is 28.4 Å². The summed E-state index contributed by atoms with van der Waals surface area (Å²) in [7, 11) is -6.78. The van der Waals surface area contributed by atoms with Crippen LogP contribution >= 0.6 is 0 Å². The number of likely N-dealkylation sites (tertiary alicyclic amines) is 1. The molecular formula is C22H33N3O5S2. The minimum atomic E-state index is -3.57. The Morgan fingerprint density at radius 1 is 0.969 bits per heavy atom. The fourth-order valence-corrected chi connectivity index (χ4v) is 8.40. The van der Waals surface area contributed by atoms with Gasteiger partial charge >= 0.3 is 0 Å². The molecule has 0 aliphatic carbocycles. The van der Waals surface area contributed by atoms with Crippen LogP contribution in [-0.2, 0) is 19.9 Å². The number of nitrogens with one attached hydrogen (secondary N) is 1. The third-order valence-electron chi connectivity index (χ3n) is 7.00. The van der Waals surface area contributed by atoms with Gasteiger partial charge < -0.3 is 5.32 Å². The summed E-state index contributed by atoms with van der Waals surface area (Å²) in [6, 6.07) is 5.29. The highest BCUT2D eigenvalue weighted by molar-refractivity contribution is 7.91. The van der Waals surface area contributed by atoms with Crippen molar-refractivity contribution in [2.75, 3.05) is 37.7 Å². The van der Waals surface area contributed by atoms with Gasteiger partial charge in [-0.2, -0.15) is 4.31 Å². The summed E-state index contributed by atoms with van der Waals surface area (Å²) >= 11 is 0. The van der Waals surface area contributed by atoms with Crippen LogP contribution in [0.2, 0.25) is 0 Å². The van der Waals surface area contributed by atoms with Crippen molar-refractivity contribution in [1.29, 1.82) is 0 Å². The van der Waals surface area contributed by atoms with Gasteiger partial charge in [-0.05, 0) is 69.0 Å². The fourth-order valence-electron chi connectivity index (χ4n) is 4.98. The van der Waals surface area contributed by atoms with Crippen LogP contribution in [-0.4, -0.2) is 81.7 Å². The molecule has 10 heteroatoms. The van der Waals surface area contributed by atoms with E-state index in [2.05, 4.69) is 17.1 Å².